The van der Waals surface area contributed by atoms with E-state index in [0.717, 1.165) is 4.90 Å². The molecule has 3 N–H and O–H groups in total. The number of piperidine rings is 1. The third-order valence-electron chi connectivity index (χ3n) is 5.92. The van der Waals surface area contributed by atoms with Crippen LogP contribution in [0.1, 0.15) is 39.1 Å². The third-order valence-corrected chi connectivity index (χ3v) is 5.92. The lowest BCUT2D eigenvalue weighted by molar-refractivity contribution is -0.136. The fourth-order valence-electron chi connectivity index (χ4n) is 4.00. The van der Waals surface area contributed by atoms with Crippen LogP contribution in [-0.4, -0.2) is 60.9 Å². The highest BCUT2D eigenvalue weighted by Crippen LogP contribution is 2.28. The van der Waals surface area contributed by atoms with Crippen molar-refractivity contribution in [2.75, 3.05) is 24.4 Å². The average molecular weight is 493 g/mol. The number of nitrogens with zero attached hydrogens (tertiary/aromatic N) is 2. The number of fused-ring (bicyclic) bond motifs is 1. The van der Waals surface area contributed by atoms with Crippen molar-refractivity contribution in [3.63, 3.8) is 0 Å². The van der Waals surface area contributed by atoms with Gasteiger partial charge in [0.05, 0.1) is 18.2 Å². The minimum absolute atomic E-state index is 0.0405. The van der Waals surface area contributed by atoms with Gasteiger partial charge in [-0.05, 0) is 48.4 Å². The number of anilines is 2. The summed E-state index contributed by atoms with van der Waals surface area (Å²) in [5.74, 6) is -2.33. The lowest BCUT2D eigenvalue weighted by atomic mass is 10.0. The molecule has 0 radical (unpaired) electrons. The summed E-state index contributed by atoms with van der Waals surface area (Å²) in [6.45, 7) is 0.0716. The largest absolute Gasteiger partial charge is 0.452 e. The number of carbonyl (C=O) groups is 6. The summed E-state index contributed by atoms with van der Waals surface area (Å²) >= 11 is 0. The van der Waals surface area contributed by atoms with Crippen LogP contribution in [0.3, 0.4) is 0 Å². The maximum atomic E-state index is 12.9. The molecule has 2 aliphatic heterocycles. The number of methoxy groups -OCH3 is 1. The highest BCUT2D eigenvalue weighted by atomic mass is 16.5. The van der Waals surface area contributed by atoms with E-state index in [-0.39, 0.29) is 30.5 Å². The van der Waals surface area contributed by atoms with E-state index in [0.29, 0.717) is 16.9 Å². The van der Waals surface area contributed by atoms with Crippen LogP contribution in [0.4, 0.5) is 21.0 Å². The molecule has 36 heavy (non-hydrogen) atoms. The van der Waals surface area contributed by atoms with Gasteiger partial charge in [0.15, 0.2) is 0 Å². The molecule has 2 aliphatic rings. The third kappa shape index (κ3) is 4.73. The van der Waals surface area contributed by atoms with E-state index in [2.05, 4.69) is 20.7 Å². The summed E-state index contributed by atoms with van der Waals surface area (Å²) in [5.41, 5.74) is 1.94. The maximum Gasteiger partial charge on any atom is 0.413 e. The fourth-order valence-corrected chi connectivity index (χ4v) is 4.00. The van der Waals surface area contributed by atoms with Crippen molar-refractivity contribution in [2.45, 2.75) is 25.4 Å². The first-order chi connectivity index (χ1) is 17.2. The first-order valence-corrected chi connectivity index (χ1v) is 11.0. The Balaban J connectivity index is 1.37. The van der Waals surface area contributed by atoms with Gasteiger partial charge in [-0.25, -0.2) is 9.59 Å². The molecule has 12 heteroatoms. The summed E-state index contributed by atoms with van der Waals surface area (Å²) in [6.07, 6.45) is -0.410. The summed E-state index contributed by atoms with van der Waals surface area (Å²) < 4.78 is 4.66. The highest BCUT2D eigenvalue weighted by molar-refractivity contribution is 6.23. The van der Waals surface area contributed by atoms with Gasteiger partial charge in [0, 0.05) is 31.4 Å². The number of hydrogen-bond donors (Lipinski definition) is 3. The number of imide groups is 2. The van der Waals surface area contributed by atoms with Crippen molar-refractivity contribution in [3.8, 4) is 0 Å². The van der Waals surface area contributed by atoms with Crippen molar-refractivity contribution in [3.05, 3.63) is 59.2 Å². The standard InChI is InChI=1S/C24H23N5O7/c1-28(24(35)36-2)15-6-4-14(5-7-15)26-23(34)25-12-13-3-8-16-17(11-13)22(33)29(21(16)32)18-9-10-19(30)27-20(18)31/h3-8,11,18H,9-10,12H2,1-2H3,(H2,25,26,34)(H,27,30,31). The van der Waals surface area contributed by atoms with E-state index < -0.39 is 41.8 Å². The summed E-state index contributed by atoms with van der Waals surface area (Å²) in [7, 11) is 2.84. The van der Waals surface area contributed by atoms with Gasteiger partial charge in [0.25, 0.3) is 11.8 Å². The topological polar surface area (TPSA) is 154 Å². The van der Waals surface area contributed by atoms with Crippen LogP contribution in [-0.2, 0) is 20.9 Å². The molecular weight excluding hydrogens is 470 g/mol. The molecule has 0 aromatic heterocycles. The number of amides is 7. The van der Waals surface area contributed by atoms with E-state index in [9.17, 15) is 28.8 Å². The minimum Gasteiger partial charge on any atom is -0.452 e. The molecule has 0 bridgehead atoms. The monoisotopic (exact) mass is 493 g/mol. The Morgan fingerprint density at radius 3 is 2.42 bits per heavy atom. The SMILES string of the molecule is COC(=O)N(C)c1ccc(NC(=O)NCc2ccc3c(c2)C(=O)N(C2CCC(=O)NC2=O)C3=O)cc1. The molecule has 0 spiro atoms. The number of benzene rings is 2. The Kier molecular flexibility index (Phi) is 6.68. The number of hydrogen-bond acceptors (Lipinski definition) is 7. The fraction of sp³-hybridized carbons (Fsp3) is 0.250. The summed E-state index contributed by atoms with van der Waals surface area (Å²) in [5, 5.41) is 7.49. The van der Waals surface area contributed by atoms with Crippen LogP contribution in [0.15, 0.2) is 42.5 Å². The van der Waals surface area contributed by atoms with Crippen molar-refractivity contribution in [2.24, 2.45) is 0 Å². The molecule has 2 aromatic rings. The van der Waals surface area contributed by atoms with Gasteiger partial charge >= 0.3 is 12.1 Å². The highest BCUT2D eigenvalue weighted by Gasteiger charge is 2.44. The number of nitrogens with one attached hydrogen (secondary N) is 3. The van der Waals surface area contributed by atoms with Gasteiger partial charge in [0.1, 0.15) is 6.04 Å². The maximum absolute atomic E-state index is 12.9. The molecular formula is C24H23N5O7. The Hall–Kier alpha value is -4.74. The molecule has 0 saturated carbocycles. The van der Waals surface area contributed by atoms with Gasteiger partial charge < -0.3 is 15.4 Å². The molecule has 1 atom stereocenters. The Bertz CT molecular complexity index is 1270. The van der Waals surface area contributed by atoms with Crippen molar-refractivity contribution >= 4 is 47.1 Å². The normalized spacial score (nSPS) is 16.8. The van der Waals surface area contributed by atoms with Crippen LogP contribution in [0.25, 0.3) is 0 Å². The number of carbonyl (C=O) groups excluding carboxylic acids is 6. The first-order valence-electron chi connectivity index (χ1n) is 11.0. The number of rotatable bonds is 5. The van der Waals surface area contributed by atoms with Crippen molar-refractivity contribution < 1.29 is 33.5 Å². The Morgan fingerprint density at radius 2 is 1.75 bits per heavy atom. The Labute approximate surface area is 205 Å². The van der Waals surface area contributed by atoms with E-state index in [1.807, 2.05) is 0 Å². The molecule has 4 rings (SSSR count). The molecule has 186 valence electrons. The summed E-state index contributed by atoms with van der Waals surface area (Å²) in [4.78, 5) is 75.3. The van der Waals surface area contributed by atoms with E-state index >= 15 is 0 Å². The second kappa shape index (κ2) is 9.86. The quantitative estimate of drug-likeness (QED) is 0.535. The number of urea groups is 1. The molecule has 12 nitrogen and oxygen atoms in total. The summed E-state index contributed by atoms with van der Waals surface area (Å²) in [6, 6.07) is 9.57. The van der Waals surface area contributed by atoms with Crippen LogP contribution < -0.4 is 20.9 Å². The van der Waals surface area contributed by atoms with Crippen LogP contribution in [0.2, 0.25) is 0 Å². The molecule has 1 fully saturated rings. The van der Waals surface area contributed by atoms with Gasteiger partial charge in [-0.3, -0.25) is 34.3 Å². The van der Waals surface area contributed by atoms with Crippen molar-refractivity contribution in [1.82, 2.24) is 15.5 Å². The van der Waals surface area contributed by atoms with Gasteiger partial charge in [-0.2, -0.15) is 0 Å². The zero-order chi connectivity index (χ0) is 26.0. The van der Waals surface area contributed by atoms with Crippen LogP contribution in [0, 0.1) is 0 Å². The molecule has 0 aliphatic carbocycles. The van der Waals surface area contributed by atoms with E-state index in [1.165, 1.54) is 24.1 Å². The second-order valence-electron chi connectivity index (χ2n) is 8.21. The van der Waals surface area contributed by atoms with E-state index in [4.69, 9.17) is 0 Å². The van der Waals surface area contributed by atoms with Gasteiger partial charge in [-0.15, -0.1) is 0 Å². The van der Waals surface area contributed by atoms with Gasteiger partial charge in [-0.1, -0.05) is 6.07 Å². The predicted molar refractivity (Wildman–Crippen MR) is 126 cm³/mol. The average Bonchev–Trinajstić information content (AvgIpc) is 3.11. The molecule has 2 heterocycles. The van der Waals surface area contributed by atoms with Crippen LogP contribution in [0.5, 0.6) is 0 Å². The van der Waals surface area contributed by atoms with Crippen LogP contribution >= 0.6 is 0 Å². The van der Waals surface area contributed by atoms with Crippen molar-refractivity contribution in [1.29, 1.82) is 0 Å². The zero-order valence-electron chi connectivity index (χ0n) is 19.5. The van der Waals surface area contributed by atoms with Gasteiger partial charge in [0.2, 0.25) is 11.8 Å². The predicted octanol–water partition coefficient (Wildman–Crippen LogP) is 1.61. The molecule has 2 aromatic carbocycles. The zero-order valence-corrected chi connectivity index (χ0v) is 19.5. The first kappa shape index (κ1) is 24.4. The number of ether oxygens (including phenoxy) is 1. The molecule has 1 unspecified atom stereocenters. The molecule has 1 saturated heterocycles. The molecule has 7 amide bonds. The smallest absolute Gasteiger partial charge is 0.413 e. The lowest BCUT2D eigenvalue weighted by Crippen LogP contribution is -2.54. The lowest BCUT2D eigenvalue weighted by Gasteiger charge is -2.27. The minimum atomic E-state index is -1.04. The Morgan fingerprint density at radius 1 is 1.06 bits per heavy atom. The van der Waals surface area contributed by atoms with E-state index in [1.54, 1.807) is 37.4 Å². The second-order valence-corrected chi connectivity index (χ2v) is 8.21.